The van der Waals surface area contributed by atoms with Gasteiger partial charge in [-0.2, -0.15) is 0 Å². The van der Waals surface area contributed by atoms with Crippen LogP contribution in [0.3, 0.4) is 0 Å². The summed E-state index contributed by atoms with van der Waals surface area (Å²) < 4.78 is 32.4. The Bertz CT molecular complexity index is 788. The van der Waals surface area contributed by atoms with Gasteiger partial charge in [0.05, 0.1) is 6.61 Å². The fourth-order valence-corrected chi connectivity index (χ4v) is 3.37. The highest BCUT2D eigenvalue weighted by molar-refractivity contribution is 6.10. The van der Waals surface area contributed by atoms with E-state index < -0.39 is 29.8 Å². The zero-order valence-corrected chi connectivity index (χ0v) is 17.4. The van der Waals surface area contributed by atoms with Gasteiger partial charge in [0.15, 0.2) is 6.04 Å². The van der Waals surface area contributed by atoms with Crippen LogP contribution in [0.5, 0.6) is 0 Å². The van der Waals surface area contributed by atoms with Gasteiger partial charge in [0.2, 0.25) is 5.91 Å². The number of anilines is 2. The van der Waals surface area contributed by atoms with Gasteiger partial charge in [0.25, 0.3) is 18.2 Å². The lowest BCUT2D eigenvalue weighted by atomic mass is 10.1. The molecule has 1 aromatic carbocycles. The molecule has 1 aromatic rings. The van der Waals surface area contributed by atoms with Crippen LogP contribution in [0.1, 0.15) is 32.8 Å². The molecule has 3 amide bonds. The molecule has 1 fully saturated rings. The summed E-state index contributed by atoms with van der Waals surface area (Å²) in [7, 11) is 0. The number of likely N-dealkylation sites (N-methyl/N-ethyl adjacent to an activating group) is 1. The fraction of sp³-hybridized carbons (Fsp3) is 0.550. The number of nitrogens with one attached hydrogen (secondary N) is 1. The normalized spacial score (nSPS) is 15.7. The number of benzene rings is 1. The molecule has 1 atom stereocenters. The van der Waals surface area contributed by atoms with Crippen molar-refractivity contribution in [3.8, 4) is 0 Å². The molecule has 3 N–H and O–H groups in total. The van der Waals surface area contributed by atoms with Crippen LogP contribution in [0.4, 0.5) is 20.2 Å². The van der Waals surface area contributed by atoms with Gasteiger partial charge in [-0.25, -0.2) is 8.78 Å². The lowest BCUT2D eigenvalue weighted by molar-refractivity contribution is -0.132. The van der Waals surface area contributed by atoms with Crippen LogP contribution in [-0.4, -0.2) is 61.5 Å². The Morgan fingerprint density at radius 3 is 2.57 bits per heavy atom. The predicted octanol–water partition coefficient (Wildman–Crippen LogP) is 1.76. The average Bonchev–Trinajstić information content (AvgIpc) is 2.67. The molecule has 1 saturated heterocycles. The second-order valence-corrected chi connectivity index (χ2v) is 7.45. The molecule has 10 heteroatoms. The standard InChI is InChI=1S/C20H28F2N4O4/c1-4-25(10-12(2)3)17(19(23)28)20(29)24-15-6-5-13(9-14(15)18(21)22)26-7-8-30-11-16(26)27/h5-6,9,12,17-18H,4,7-8,10-11H2,1-3H3,(H2,23,28)(H,24,29)/t17-/m0/s1. The van der Waals surface area contributed by atoms with Crippen LogP contribution in [0.2, 0.25) is 0 Å². The Balaban J connectivity index is 2.30. The summed E-state index contributed by atoms with van der Waals surface area (Å²) in [6, 6.07) is 2.64. The van der Waals surface area contributed by atoms with Gasteiger partial charge in [-0.1, -0.05) is 20.8 Å². The van der Waals surface area contributed by atoms with E-state index in [0.717, 1.165) is 6.07 Å². The van der Waals surface area contributed by atoms with Crippen molar-refractivity contribution in [3.63, 3.8) is 0 Å². The number of hydrogen-bond acceptors (Lipinski definition) is 5. The van der Waals surface area contributed by atoms with Gasteiger partial charge in [-0.05, 0) is 30.7 Å². The Morgan fingerprint density at radius 2 is 2.03 bits per heavy atom. The largest absolute Gasteiger partial charge is 0.370 e. The van der Waals surface area contributed by atoms with Crippen molar-refractivity contribution in [1.29, 1.82) is 0 Å². The van der Waals surface area contributed by atoms with E-state index in [1.54, 1.807) is 11.8 Å². The predicted molar refractivity (Wildman–Crippen MR) is 108 cm³/mol. The van der Waals surface area contributed by atoms with Gasteiger partial charge in [-0.15, -0.1) is 0 Å². The van der Waals surface area contributed by atoms with Gasteiger partial charge >= 0.3 is 0 Å². The minimum Gasteiger partial charge on any atom is -0.370 e. The fourth-order valence-electron chi connectivity index (χ4n) is 3.37. The number of halogens is 2. The van der Waals surface area contributed by atoms with Crippen molar-refractivity contribution in [2.24, 2.45) is 11.7 Å². The van der Waals surface area contributed by atoms with Crippen LogP contribution < -0.4 is 16.0 Å². The summed E-state index contributed by atoms with van der Waals surface area (Å²) in [6.07, 6.45) is -2.90. The Labute approximate surface area is 174 Å². The number of amides is 3. The van der Waals surface area contributed by atoms with Crippen molar-refractivity contribution in [1.82, 2.24) is 4.90 Å². The van der Waals surface area contributed by atoms with Crippen LogP contribution >= 0.6 is 0 Å². The van der Waals surface area contributed by atoms with E-state index in [1.807, 2.05) is 13.8 Å². The number of carbonyl (C=O) groups excluding carboxylic acids is 3. The Morgan fingerprint density at radius 1 is 1.33 bits per heavy atom. The number of rotatable bonds is 9. The molecule has 166 valence electrons. The minimum atomic E-state index is -2.90. The molecular weight excluding hydrogens is 398 g/mol. The van der Waals surface area contributed by atoms with Crippen molar-refractivity contribution >= 4 is 29.1 Å². The van der Waals surface area contributed by atoms with Gasteiger partial charge in [0.1, 0.15) is 6.61 Å². The first kappa shape index (κ1) is 23.7. The molecule has 0 spiro atoms. The number of ether oxygens (including phenoxy) is 1. The smallest absolute Gasteiger partial charge is 0.265 e. The number of alkyl halides is 2. The summed E-state index contributed by atoms with van der Waals surface area (Å²) in [5, 5.41) is 2.41. The highest BCUT2D eigenvalue weighted by Crippen LogP contribution is 2.32. The van der Waals surface area contributed by atoms with Crippen molar-refractivity contribution < 1.29 is 27.9 Å². The molecule has 0 radical (unpaired) electrons. The molecule has 0 bridgehead atoms. The molecule has 30 heavy (non-hydrogen) atoms. The van der Waals surface area contributed by atoms with E-state index >= 15 is 0 Å². The molecule has 2 rings (SSSR count). The van der Waals surface area contributed by atoms with Crippen LogP contribution in [0.25, 0.3) is 0 Å². The number of carbonyl (C=O) groups is 3. The van der Waals surface area contributed by atoms with Crippen molar-refractivity contribution in [2.45, 2.75) is 33.2 Å². The first-order chi connectivity index (χ1) is 14.1. The second kappa shape index (κ2) is 10.4. The molecule has 0 unspecified atom stereocenters. The lowest BCUT2D eigenvalue weighted by Crippen LogP contribution is -2.53. The van der Waals surface area contributed by atoms with Crippen LogP contribution in [0, 0.1) is 5.92 Å². The molecular formula is C20H28F2N4O4. The molecule has 0 aromatic heterocycles. The van der Waals surface area contributed by atoms with E-state index in [1.165, 1.54) is 17.0 Å². The number of hydrogen-bond donors (Lipinski definition) is 2. The van der Waals surface area contributed by atoms with Crippen molar-refractivity contribution in [2.75, 3.05) is 43.1 Å². The van der Waals surface area contributed by atoms with Gasteiger partial charge < -0.3 is 20.7 Å². The van der Waals surface area contributed by atoms with E-state index in [9.17, 15) is 23.2 Å². The SMILES string of the molecule is CCN(CC(C)C)[C@@H](C(N)=O)C(=O)Nc1ccc(N2CCOCC2=O)cc1C(F)F. The Hall–Kier alpha value is -2.59. The zero-order chi connectivity index (χ0) is 22.4. The summed E-state index contributed by atoms with van der Waals surface area (Å²) in [4.78, 5) is 39.7. The van der Waals surface area contributed by atoms with E-state index in [-0.39, 0.29) is 36.4 Å². The Kier molecular flexibility index (Phi) is 8.24. The lowest BCUT2D eigenvalue weighted by Gasteiger charge is -2.29. The van der Waals surface area contributed by atoms with Crippen LogP contribution in [-0.2, 0) is 19.1 Å². The van der Waals surface area contributed by atoms with E-state index in [4.69, 9.17) is 10.5 Å². The molecule has 8 nitrogen and oxygen atoms in total. The maximum absolute atomic E-state index is 13.7. The second-order valence-electron chi connectivity index (χ2n) is 7.45. The third-order valence-corrected chi connectivity index (χ3v) is 4.71. The first-order valence-electron chi connectivity index (χ1n) is 9.80. The molecule has 1 aliphatic rings. The van der Waals surface area contributed by atoms with Crippen LogP contribution in [0.15, 0.2) is 18.2 Å². The van der Waals surface area contributed by atoms with Crippen molar-refractivity contribution in [3.05, 3.63) is 23.8 Å². The summed E-state index contributed by atoms with van der Waals surface area (Å²) >= 11 is 0. The molecule has 1 aliphatic heterocycles. The zero-order valence-electron chi connectivity index (χ0n) is 17.4. The number of nitrogens with two attached hydrogens (primary N) is 1. The third-order valence-electron chi connectivity index (χ3n) is 4.71. The maximum atomic E-state index is 13.7. The summed E-state index contributed by atoms with van der Waals surface area (Å²) in [5.74, 6) is -1.80. The highest BCUT2D eigenvalue weighted by Gasteiger charge is 2.32. The minimum absolute atomic E-state index is 0.120. The number of nitrogens with zero attached hydrogens (tertiary/aromatic N) is 2. The quantitative estimate of drug-likeness (QED) is 0.586. The molecule has 0 aliphatic carbocycles. The summed E-state index contributed by atoms with van der Waals surface area (Å²) in [6.45, 7) is 6.90. The molecule has 0 saturated carbocycles. The first-order valence-corrected chi connectivity index (χ1v) is 9.80. The number of morpholine rings is 1. The molecule has 1 heterocycles. The summed E-state index contributed by atoms with van der Waals surface area (Å²) in [5.41, 5.74) is 5.14. The third kappa shape index (κ3) is 5.73. The number of primary amides is 1. The monoisotopic (exact) mass is 426 g/mol. The topological polar surface area (TPSA) is 105 Å². The highest BCUT2D eigenvalue weighted by atomic mass is 19.3. The van der Waals surface area contributed by atoms with Gasteiger partial charge in [-0.3, -0.25) is 19.3 Å². The van der Waals surface area contributed by atoms with Gasteiger partial charge in [0, 0.05) is 30.0 Å². The van der Waals surface area contributed by atoms with E-state index in [2.05, 4.69) is 5.32 Å². The van der Waals surface area contributed by atoms with E-state index in [0.29, 0.717) is 19.7 Å². The average molecular weight is 426 g/mol. The maximum Gasteiger partial charge on any atom is 0.265 e.